The first-order chi connectivity index (χ1) is 8.16. The summed E-state index contributed by atoms with van der Waals surface area (Å²) in [4.78, 5) is 11.0. The summed E-state index contributed by atoms with van der Waals surface area (Å²) in [6, 6.07) is 6.20. The maximum absolute atomic E-state index is 12.8. The van der Waals surface area contributed by atoms with Crippen molar-refractivity contribution in [3.8, 4) is 11.3 Å². The molecule has 0 aliphatic heterocycles. The van der Waals surface area contributed by atoms with Crippen molar-refractivity contribution in [1.29, 1.82) is 0 Å². The van der Waals surface area contributed by atoms with Crippen LogP contribution < -0.4 is 0 Å². The number of aromatic nitrogens is 2. The predicted molar refractivity (Wildman–Crippen MR) is 63.0 cm³/mol. The first-order valence-corrected chi connectivity index (χ1v) is 5.44. The fourth-order valence-corrected chi connectivity index (χ4v) is 1.68. The third kappa shape index (κ3) is 2.78. The molecule has 0 amide bonds. The second-order valence-corrected chi connectivity index (χ2v) is 3.98. The van der Waals surface area contributed by atoms with Gasteiger partial charge in [0, 0.05) is 12.0 Å². The molecule has 0 radical (unpaired) electrons. The van der Waals surface area contributed by atoms with Gasteiger partial charge in [-0.05, 0) is 43.2 Å². The van der Waals surface area contributed by atoms with Gasteiger partial charge in [0.05, 0.1) is 11.9 Å². The second-order valence-electron chi connectivity index (χ2n) is 3.98. The van der Waals surface area contributed by atoms with Crippen molar-refractivity contribution in [2.75, 3.05) is 0 Å². The Hall–Kier alpha value is -1.97. The number of aromatic amines is 1. The van der Waals surface area contributed by atoms with Crippen molar-refractivity contribution in [3.05, 3.63) is 41.8 Å². The van der Waals surface area contributed by atoms with Gasteiger partial charge >= 0.3 is 0 Å². The van der Waals surface area contributed by atoms with Crippen LogP contribution >= 0.6 is 0 Å². The number of benzene rings is 1. The van der Waals surface area contributed by atoms with Crippen LogP contribution in [-0.2, 0) is 11.2 Å². The Balaban J connectivity index is 2.24. The van der Waals surface area contributed by atoms with Crippen LogP contribution in [0.1, 0.15) is 18.9 Å². The number of nitrogens with one attached hydrogen (secondary N) is 1. The number of hydrogen-bond acceptors (Lipinski definition) is 2. The summed E-state index contributed by atoms with van der Waals surface area (Å²) in [6.45, 7) is 1.57. The van der Waals surface area contributed by atoms with Crippen molar-refractivity contribution >= 4 is 5.78 Å². The number of aryl methyl sites for hydroxylation is 1. The molecule has 2 rings (SSSR count). The predicted octanol–water partition coefficient (Wildman–Crippen LogP) is 2.74. The maximum atomic E-state index is 12.8. The quantitative estimate of drug-likeness (QED) is 0.881. The van der Waals surface area contributed by atoms with Crippen LogP contribution in [0.3, 0.4) is 0 Å². The molecule has 1 aromatic heterocycles. The number of ketones is 1. The minimum atomic E-state index is -0.265. The van der Waals surface area contributed by atoms with Crippen LogP contribution in [0.15, 0.2) is 30.5 Å². The van der Waals surface area contributed by atoms with Crippen LogP contribution in [0.2, 0.25) is 0 Å². The molecule has 0 aliphatic carbocycles. The molecule has 0 unspecified atom stereocenters. The van der Waals surface area contributed by atoms with Crippen molar-refractivity contribution in [2.45, 2.75) is 19.8 Å². The van der Waals surface area contributed by atoms with E-state index in [1.807, 2.05) is 0 Å². The number of rotatable bonds is 4. The molecule has 1 N–H and O–H groups in total. The number of halogens is 1. The Bertz CT molecular complexity index is 516. The molecule has 0 saturated heterocycles. The number of carbonyl (C=O) groups excluding carboxylic acids is 1. The van der Waals surface area contributed by atoms with Crippen LogP contribution in [0.5, 0.6) is 0 Å². The topological polar surface area (TPSA) is 45.8 Å². The molecule has 3 nitrogen and oxygen atoms in total. The molecule has 0 fully saturated rings. The number of Topliss-reactive ketones (excluding diaryl/α,β-unsaturated/α-hetero) is 1. The van der Waals surface area contributed by atoms with Crippen molar-refractivity contribution in [2.24, 2.45) is 0 Å². The molecule has 88 valence electrons. The van der Waals surface area contributed by atoms with E-state index in [-0.39, 0.29) is 11.6 Å². The van der Waals surface area contributed by atoms with Gasteiger partial charge in [0.2, 0.25) is 0 Å². The van der Waals surface area contributed by atoms with E-state index >= 15 is 0 Å². The first kappa shape index (κ1) is 11.5. The van der Waals surface area contributed by atoms with Gasteiger partial charge in [0.15, 0.2) is 0 Å². The Kier molecular flexibility index (Phi) is 3.32. The maximum Gasteiger partial charge on any atom is 0.130 e. The highest BCUT2D eigenvalue weighted by Gasteiger charge is 2.08. The highest BCUT2D eigenvalue weighted by atomic mass is 19.1. The molecule has 0 atom stereocenters. The third-order valence-corrected chi connectivity index (χ3v) is 2.60. The molecular formula is C13H13FN2O. The van der Waals surface area contributed by atoms with Gasteiger partial charge in [-0.2, -0.15) is 5.10 Å². The SMILES string of the molecule is CC(=O)CCc1cn[nH]c1-c1ccc(F)cc1. The monoisotopic (exact) mass is 232 g/mol. The Morgan fingerprint density at radius 3 is 2.71 bits per heavy atom. The second kappa shape index (κ2) is 4.91. The summed E-state index contributed by atoms with van der Waals surface area (Å²) in [5.41, 5.74) is 2.71. The fraction of sp³-hybridized carbons (Fsp3) is 0.231. The summed E-state index contributed by atoms with van der Waals surface area (Å²) in [5, 5.41) is 6.85. The zero-order valence-corrected chi connectivity index (χ0v) is 9.53. The summed E-state index contributed by atoms with van der Waals surface area (Å²) in [5.74, 6) is -0.116. The molecule has 0 spiro atoms. The molecular weight excluding hydrogens is 219 g/mol. The standard InChI is InChI=1S/C13H13FN2O/c1-9(17)2-3-11-8-15-16-13(11)10-4-6-12(14)7-5-10/h4-8H,2-3H2,1H3,(H,15,16). The fourth-order valence-electron chi connectivity index (χ4n) is 1.68. The third-order valence-electron chi connectivity index (χ3n) is 2.60. The molecule has 17 heavy (non-hydrogen) atoms. The molecule has 2 aromatic rings. The molecule has 1 aromatic carbocycles. The number of H-pyrrole nitrogens is 1. The van der Waals surface area contributed by atoms with Gasteiger partial charge in [-0.15, -0.1) is 0 Å². The molecule has 0 bridgehead atoms. The smallest absolute Gasteiger partial charge is 0.130 e. The largest absolute Gasteiger partial charge is 0.300 e. The van der Waals surface area contributed by atoms with Crippen LogP contribution in [0, 0.1) is 5.82 Å². The van der Waals surface area contributed by atoms with Crippen LogP contribution in [-0.4, -0.2) is 16.0 Å². The van der Waals surface area contributed by atoms with Gasteiger partial charge < -0.3 is 4.79 Å². The number of carbonyl (C=O) groups is 1. The lowest BCUT2D eigenvalue weighted by atomic mass is 10.0. The lowest BCUT2D eigenvalue weighted by Crippen LogP contribution is -1.94. The number of nitrogens with zero attached hydrogens (tertiary/aromatic N) is 1. The number of hydrogen-bond donors (Lipinski definition) is 1. The lowest BCUT2D eigenvalue weighted by molar-refractivity contribution is -0.116. The Labute approximate surface area is 98.7 Å². The normalized spacial score (nSPS) is 10.5. The van der Waals surface area contributed by atoms with E-state index in [0.717, 1.165) is 16.8 Å². The van der Waals surface area contributed by atoms with E-state index in [4.69, 9.17) is 0 Å². The molecule has 4 heteroatoms. The Morgan fingerprint density at radius 2 is 2.06 bits per heavy atom. The summed E-state index contributed by atoms with van der Waals surface area (Å²) < 4.78 is 12.8. The van der Waals surface area contributed by atoms with Gasteiger partial charge in [-0.25, -0.2) is 4.39 Å². The van der Waals surface area contributed by atoms with Gasteiger partial charge in [-0.1, -0.05) is 0 Å². The first-order valence-electron chi connectivity index (χ1n) is 5.44. The van der Waals surface area contributed by atoms with Gasteiger partial charge in [0.1, 0.15) is 11.6 Å². The van der Waals surface area contributed by atoms with E-state index in [1.165, 1.54) is 12.1 Å². The van der Waals surface area contributed by atoms with Crippen LogP contribution in [0.4, 0.5) is 4.39 Å². The van der Waals surface area contributed by atoms with Crippen molar-refractivity contribution in [1.82, 2.24) is 10.2 Å². The summed E-state index contributed by atoms with van der Waals surface area (Å²) >= 11 is 0. The van der Waals surface area contributed by atoms with Crippen molar-refractivity contribution < 1.29 is 9.18 Å². The van der Waals surface area contributed by atoms with Crippen LogP contribution in [0.25, 0.3) is 11.3 Å². The average Bonchev–Trinajstić information content (AvgIpc) is 2.75. The zero-order chi connectivity index (χ0) is 12.3. The molecule has 0 saturated carbocycles. The lowest BCUT2D eigenvalue weighted by Gasteiger charge is -2.02. The molecule has 0 aliphatic rings. The van der Waals surface area contributed by atoms with E-state index in [9.17, 15) is 9.18 Å². The Morgan fingerprint density at radius 1 is 1.35 bits per heavy atom. The van der Waals surface area contributed by atoms with Crippen molar-refractivity contribution in [3.63, 3.8) is 0 Å². The van der Waals surface area contributed by atoms with Gasteiger partial charge in [0.25, 0.3) is 0 Å². The highest BCUT2D eigenvalue weighted by Crippen LogP contribution is 2.22. The van der Waals surface area contributed by atoms with E-state index < -0.39 is 0 Å². The minimum absolute atomic E-state index is 0.149. The summed E-state index contributed by atoms with van der Waals surface area (Å²) in [6.07, 6.45) is 2.86. The molecule has 1 heterocycles. The highest BCUT2D eigenvalue weighted by molar-refractivity contribution is 5.76. The van der Waals surface area contributed by atoms with E-state index in [2.05, 4.69) is 10.2 Å². The van der Waals surface area contributed by atoms with E-state index in [1.54, 1.807) is 25.3 Å². The minimum Gasteiger partial charge on any atom is -0.300 e. The average molecular weight is 232 g/mol. The van der Waals surface area contributed by atoms with E-state index in [0.29, 0.717) is 12.8 Å². The van der Waals surface area contributed by atoms with Gasteiger partial charge in [-0.3, -0.25) is 5.10 Å². The zero-order valence-electron chi connectivity index (χ0n) is 9.53. The summed E-state index contributed by atoms with van der Waals surface area (Å²) in [7, 11) is 0.